The molecule has 2 heterocycles. The maximum Gasteiger partial charge on any atom is 0.310 e. The van der Waals surface area contributed by atoms with Crippen LogP contribution in [0, 0.1) is 5.92 Å². The van der Waals surface area contributed by atoms with Gasteiger partial charge in [-0.15, -0.1) is 11.8 Å². The summed E-state index contributed by atoms with van der Waals surface area (Å²) in [6.45, 7) is 1.35. The molecule has 1 aliphatic heterocycles. The molecule has 0 saturated carbocycles. The lowest BCUT2D eigenvalue weighted by Gasteiger charge is -2.13. The van der Waals surface area contributed by atoms with Crippen LogP contribution < -0.4 is 4.90 Å². The van der Waals surface area contributed by atoms with Crippen molar-refractivity contribution in [2.75, 3.05) is 31.4 Å². The molecule has 1 unspecified atom stereocenters. The molecule has 2 aromatic rings. The average Bonchev–Trinajstić information content (AvgIpc) is 3.29. The van der Waals surface area contributed by atoms with Gasteiger partial charge in [0.25, 0.3) is 0 Å². The smallest absolute Gasteiger partial charge is 0.310 e. The molecule has 0 bridgehead atoms. The molecule has 24 heavy (non-hydrogen) atoms. The highest BCUT2D eigenvalue weighted by Gasteiger charge is 2.30. The van der Waals surface area contributed by atoms with E-state index in [4.69, 9.17) is 4.74 Å². The third kappa shape index (κ3) is 3.47. The summed E-state index contributed by atoms with van der Waals surface area (Å²) in [5.74, 6) is -0.311. The van der Waals surface area contributed by atoms with E-state index < -0.39 is 0 Å². The molecule has 1 fully saturated rings. The number of rotatable bonds is 5. The van der Waals surface area contributed by atoms with Crippen molar-refractivity contribution in [1.29, 1.82) is 0 Å². The summed E-state index contributed by atoms with van der Waals surface area (Å²) < 4.78 is 4.80. The number of nitrogens with zero attached hydrogens (tertiary/aromatic N) is 2. The molecular formula is C17H18N2O3S2. The number of hydrogen-bond acceptors (Lipinski definition) is 7. The highest BCUT2D eigenvalue weighted by Crippen LogP contribution is 2.30. The van der Waals surface area contributed by atoms with Crippen molar-refractivity contribution in [2.24, 2.45) is 5.92 Å². The largest absolute Gasteiger partial charge is 0.469 e. The van der Waals surface area contributed by atoms with E-state index in [9.17, 15) is 9.59 Å². The molecule has 3 rings (SSSR count). The van der Waals surface area contributed by atoms with E-state index in [0.29, 0.717) is 17.0 Å². The summed E-state index contributed by atoms with van der Waals surface area (Å²) in [5, 5.41) is 0.783. The van der Waals surface area contributed by atoms with Gasteiger partial charge in [-0.3, -0.25) is 9.59 Å². The van der Waals surface area contributed by atoms with Gasteiger partial charge in [-0.25, -0.2) is 4.98 Å². The predicted octanol–water partition coefficient (Wildman–Crippen LogP) is 3.10. The molecule has 126 valence electrons. The van der Waals surface area contributed by atoms with Crippen LogP contribution in [-0.4, -0.2) is 43.2 Å². The van der Waals surface area contributed by atoms with E-state index in [2.05, 4.69) is 4.98 Å². The van der Waals surface area contributed by atoms with Crippen LogP contribution in [-0.2, 0) is 9.53 Å². The number of anilines is 1. The minimum atomic E-state index is -0.181. The van der Waals surface area contributed by atoms with Crippen LogP contribution in [0.3, 0.4) is 0 Å². The van der Waals surface area contributed by atoms with Gasteiger partial charge in [0.1, 0.15) is 0 Å². The summed E-state index contributed by atoms with van der Waals surface area (Å²) in [6, 6.07) is 7.60. The average molecular weight is 362 g/mol. The molecule has 7 heteroatoms. The molecule has 0 radical (unpaired) electrons. The van der Waals surface area contributed by atoms with Gasteiger partial charge in [0, 0.05) is 23.5 Å². The molecule has 0 N–H and O–H groups in total. The van der Waals surface area contributed by atoms with E-state index in [1.807, 2.05) is 35.4 Å². The van der Waals surface area contributed by atoms with Crippen molar-refractivity contribution in [3.8, 4) is 0 Å². The van der Waals surface area contributed by atoms with Gasteiger partial charge in [0.05, 0.1) is 24.1 Å². The monoisotopic (exact) mass is 362 g/mol. The van der Waals surface area contributed by atoms with Gasteiger partial charge in [0.15, 0.2) is 5.13 Å². The van der Waals surface area contributed by atoms with Crippen LogP contribution in [0.2, 0.25) is 0 Å². The fourth-order valence-electron chi connectivity index (χ4n) is 2.72. The van der Waals surface area contributed by atoms with E-state index in [-0.39, 0.29) is 17.7 Å². The molecule has 1 atom stereocenters. The summed E-state index contributed by atoms with van der Waals surface area (Å²) in [6.07, 6.45) is 4.37. The van der Waals surface area contributed by atoms with Gasteiger partial charge < -0.3 is 9.64 Å². The van der Waals surface area contributed by atoms with Crippen molar-refractivity contribution in [1.82, 2.24) is 4.98 Å². The van der Waals surface area contributed by atoms with Crippen LogP contribution in [0.15, 0.2) is 35.4 Å². The molecule has 5 nitrogen and oxygen atoms in total. The predicted molar refractivity (Wildman–Crippen MR) is 96.1 cm³/mol. The van der Waals surface area contributed by atoms with Crippen LogP contribution in [0.25, 0.3) is 0 Å². The zero-order valence-electron chi connectivity index (χ0n) is 13.5. The van der Waals surface area contributed by atoms with Crippen molar-refractivity contribution in [3.05, 3.63) is 40.9 Å². The maximum atomic E-state index is 12.6. The minimum absolute atomic E-state index is 0.0154. The van der Waals surface area contributed by atoms with Crippen LogP contribution in [0.1, 0.15) is 21.7 Å². The number of esters is 1. The van der Waals surface area contributed by atoms with Crippen molar-refractivity contribution in [2.45, 2.75) is 11.3 Å². The molecule has 0 amide bonds. The highest BCUT2D eigenvalue weighted by atomic mass is 32.2. The van der Waals surface area contributed by atoms with Crippen LogP contribution >= 0.6 is 23.1 Å². The number of ketones is 1. The Hall–Kier alpha value is -1.86. The molecule has 1 aromatic heterocycles. The third-order valence-electron chi connectivity index (χ3n) is 4.04. The number of thioether (sulfide) groups is 1. The number of benzene rings is 1. The minimum Gasteiger partial charge on any atom is -0.469 e. The normalized spacial score (nSPS) is 17.1. The fourth-order valence-corrected chi connectivity index (χ4v) is 4.09. The third-order valence-corrected chi connectivity index (χ3v) is 5.82. The lowest BCUT2D eigenvalue weighted by atomic mass is 10.1. The van der Waals surface area contributed by atoms with Gasteiger partial charge in [0.2, 0.25) is 5.78 Å². The molecular weight excluding hydrogens is 344 g/mol. The summed E-state index contributed by atoms with van der Waals surface area (Å²) >= 11 is 2.98. The summed E-state index contributed by atoms with van der Waals surface area (Å²) in [7, 11) is 1.41. The Kier molecular flexibility index (Phi) is 5.20. The Balaban J connectivity index is 1.73. The quantitative estimate of drug-likeness (QED) is 0.463. The van der Waals surface area contributed by atoms with Gasteiger partial charge in [-0.05, 0) is 24.8 Å². The second kappa shape index (κ2) is 7.36. The number of carbonyl (C=O) groups is 2. The highest BCUT2D eigenvalue weighted by molar-refractivity contribution is 7.98. The second-order valence-electron chi connectivity index (χ2n) is 5.52. The first-order valence-corrected chi connectivity index (χ1v) is 9.64. The van der Waals surface area contributed by atoms with Gasteiger partial charge in [-0.2, -0.15) is 0 Å². The Morgan fingerprint density at radius 3 is 3.00 bits per heavy atom. The van der Waals surface area contributed by atoms with Gasteiger partial charge in [-0.1, -0.05) is 23.5 Å². The Labute approximate surface area is 149 Å². The van der Waals surface area contributed by atoms with E-state index in [1.54, 1.807) is 18.0 Å². The molecule has 1 aliphatic rings. The number of hydrogen-bond donors (Lipinski definition) is 0. The SMILES string of the molecule is COC(=O)C1CCN(c2ncc(C(=O)c3cccc(SC)c3)s2)C1. The molecule has 0 spiro atoms. The zero-order valence-corrected chi connectivity index (χ0v) is 15.2. The molecule has 0 aliphatic carbocycles. The molecule has 1 aromatic carbocycles. The standard InChI is InChI=1S/C17H18N2O3S2/c1-22-16(21)12-6-7-19(10-12)17-18-9-14(24-17)15(20)11-4-3-5-13(8-11)23-2/h3-5,8-9,12H,6-7,10H2,1-2H3. The maximum absolute atomic E-state index is 12.6. The zero-order chi connectivity index (χ0) is 17.1. The lowest BCUT2D eigenvalue weighted by Crippen LogP contribution is -2.23. The Bertz CT molecular complexity index is 760. The number of thiazole rings is 1. The first kappa shape index (κ1) is 17.0. The number of carbonyl (C=O) groups excluding carboxylic acids is 2. The topological polar surface area (TPSA) is 59.5 Å². The first-order valence-electron chi connectivity index (χ1n) is 7.59. The molecule has 1 saturated heterocycles. The summed E-state index contributed by atoms with van der Waals surface area (Å²) in [4.78, 5) is 32.4. The first-order chi connectivity index (χ1) is 11.6. The van der Waals surface area contributed by atoms with E-state index >= 15 is 0 Å². The Morgan fingerprint density at radius 2 is 2.25 bits per heavy atom. The van der Waals surface area contributed by atoms with Crippen LogP contribution in [0.4, 0.5) is 5.13 Å². The number of ether oxygens (including phenoxy) is 1. The Morgan fingerprint density at radius 1 is 1.42 bits per heavy atom. The van der Waals surface area contributed by atoms with E-state index in [1.165, 1.54) is 18.4 Å². The van der Waals surface area contributed by atoms with Gasteiger partial charge >= 0.3 is 5.97 Å². The fraction of sp³-hybridized carbons (Fsp3) is 0.353. The summed E-state index contributed by atoms with van der Waals surface area (Å²) in [5.41, 5.74) is 0.672. The second-order valence-corrected chi connectivity index (χ2v) is 7.41. The number of aromatic nitrogens is 1. The van der Waals surface area contributed by atoms with E-state index in [0.717, 1.165) is 23.0 Å². The van der Waals surface area contributed by atoms with Crippen LogP contribution in [0.5, 0.6) is 0 Å². The van der Waals surface area contributed by atoms with Crippen molar-refractivity contribution in [3.63, 3.8) is 0 Å². The van der Waals surface area contributed by atoms with Crippen molar-refractivity contribution < 1.29 is 14.3 Å². The lowest BCUT2D eigenvalue weighted by molar-refractivity contribution is -0.144. The number of methoxy groups -OCH3 is 1. The van der Waals surface area contributed by atoms with Crippen molar-refractivity contribution >= 4 is 40.0 Å².